The molecule has 1 heterocycles. The summed E-state index contributed by atoms with van der Waals surface area (Å²) in [5.74, 6) is -4.84. The van der Waals surface area contributed by atoms with Gasteiger partial charge in [0.15, 0.2) is 5.82 Å². The van der Waals surface area contributed by atoms with E-state index in [0.717, 1.165) is 17.2 Å². The molecule has 0 aliphatic heterocycles. The smallest absolute Gasteiger partial charge is 0.323 e. The summed E-state index contributed by atoms with van der Waals surface area (Å²) >= 11 is 0. The van der Waals surface area contributed by atoms with Gasteiger partial charge < -0.3 is 10.0 Å². The fourth-order valence-corrected chi connectivity index (χ4v) is 1.58. The molecule has 0 unspecified atom stereocenters. The number of carboxylic acid groups (broad SMARTS) is 1. The molecule has 0 radical (unpaired) electrons. The zero-order valence-electron chi connectivity index (χ0n) is 10.6. The van der Waals surface area contributed by atoms with Crippen molar-refractivity contribution in [3.63, 3.8) is 0 Å². The maximum atomic E-state index is 13.5. The second-order valence-electron chi connectivity index (χ2n) is 4.44. The number of nitrogens with zero attached hydrogens (tertiary/aromatic N) is 2. The van der Waals surface area contributed by atoms with Crippen LogP contribution < -0.4 is 0 Å². The lowest BCUT2D eigenvalue weighted by Gasteiger charge is -2.22. The lowest BCUT2D eigenvalue weighted by Crippen LogP contribution is -2.38. The normalized spacial score (nSPS) is 10.6. The molecule has 0 atom stereocenters. The highest BCUT2D eigenvalue weighted by Crippen LogP contribution is 2.13. The molecule has 0 aromatic carbocycles. The fourth-order valence-electron chi connectivity index (χ4n) is 1.58. The monoisotopic (exact) mass is 272 g/mol. The Morgan fingerprint density at radius 3 is 2.58 bits per heavy atom. The van der Waals surface area contributed by atoms with Crippen LogP contribution in [0.4, 0.5) is 8.78 Å². The Morgan fingerprint density at radius 1 is 1.42 bits per heavy atom. The van der Waals surface area contributed by atoms with E-state index in [1.807, 2.05) is 0 Å². The van der Waals surface area contributed by atoms with Gasteiger partial charge in [-0.25, -0.2) is 9.37 Å². The van der Waals surface area contributed by atoms with Crippen LogP contribution in [0.5, 0.6) is 0 Å². The third-order valence-corrected chi connectivity index (χ3v) is 2.28. The van der Waals surface area contributed by atoms with E-state index in [-0.39, 0.29) is 12.5 Å². The Labute approximate surface area is 108 Å². The molecule has 0 bridgehead atoms. The Kier molecular flexibility index (Phi) is 4.91. The number of carbonyl (C=O) groups is 2. The van der Waals surface area contributed by atoms with Crippen molar-refractivity contribution >= 4 is 11.9 Å². The molecular weight excluding hydrogens is 258 g/mol. The first-order chi connectivity index (χ1) is 8.82. The van der Waals surface area contributed by atoms with E-state index in [1.54, 1.807) is 13.8 Å². The molecular formula is C12H14F2N2O3. The van der Waals surface area contributed by atoms with Crippen LogP contribution in [0.2, 0.25) is 0 Å². The lowest BCUT2D eigenvalue weighted by molar-refractivity contribution is -0.137. The molecule has 1 aromatic heterocycles. The average Bonchev–Trinajstić information content (AvgIpc) is 2.30. The molecule has 0 spiro atoms. The van der Waals surface area contributed by atoms with Crippen LogP contribution >= 0.6 is 0 Å². The van der Waals surface area contributed by atoms with Gasteiger partial charge in [-0.1, -0.05) is 13.8 Å². The van der Waals surface area contributed by atoms with Crippen molar-refractivity contribution in [3.05, 3.63) is 29.6 Å². The SMILES string of the molecule is CC(C)CN(CC(=O)O)C(=O)c1ccnc(F)c1F. The van der Waals surface area contributed by atoms with Gasteiger partial charge in [0.2, 0.25) is 5.95 Å². The molecule has 0 aliphatic rings. The predicted molar refractivity (Wildman–Crippen MR) is 62.5 cm³/mol. The Morgan fingerprint density at radius 2 is 2.05 bits per heavy atom. The number of halogens is 2. The van der Waals surface area contributed by atoms with E-state index in [1.165, 1.54) is 0 Å². The molecule has 19 heavy (non-hydrogen) atoms. The number of pyridine rings is 1. The topological polar surface area (TPSA) is 70.5 Å². The second-order valence-corrected chi connectivity index (χ2v) is 4.44. The van der Waals surface area contributed by atoms with Crippen molar-refractivity contribution in [1.82, 2.24) is 9.88 Å². The third kappa shape index (κ3) is 3.97. The van der Waals surface area contributed by atoms with Gasteiger partial charge in [0.25, 0.3) is 5.91 Å². The van der Waals surface area contributed by atoms with Crippen LogP contribution in [0.15, 0.2) is 12.3 Å². The van der Waals surface area contributed by atoms with Crippen molar-refractivity contribution in [2.75, 3.05) is 13.1 Å². The molecule has 0 saturated heterocycles. The summed E-state index contributed by atoms with van der Waals surface area (Å²) in [6.45, 7) is 3.13. The molecule has 1 amide bonds. The summed E-state index contributed by atoms with van der Waals surface area (Å²) < 4.78 is 26.4. The predicted octanol–water partition coefficient (Wildman–Crippen LogP) is 1.54. The highest BCUT2D eigenvalue weighted by Gasteiger charge is 2.24. The molecule has 1 N–H and O–H groups in total. The van der Waals surface area contributed by atoms with Crippen LogP contribution in [-0.4, -0.2) is 40.0 Å². The molecule has 0 aliphatic carbocycles. The summed E-state index contributed by atoms with van der Waals surface area (Å²) in [4.78, 5) is 26.8. The molecule has 5 nitrogen and oxygen atoms in total. The maximum Gasteiger partial charge on any atom is 0.323 e. The van der Waals surface area contributed by atoms with E-state index in [9.17, 15) is 18.4 Å². The van der Waals surface area contributed by atoms with E-state index < -0.39 is 35.7 Å². The molecule has 1 aromatic rings. The Bertz CT molecular complexity index is 492. The first-order valence-corrected chi connectivity index (χ1v) is 5.64. The van der Waals surface area contributed by atoms with Crippen LogP contribution in [0.3, 0.4) is 0 Å². The van der Waals surface area contributed by atoms with Crippen LogP contribution in [-0.2, 0) is 4.79 Å². The first-order valence-electron chi connectivity index (χ1n) is 5.64. The second kappa shape index (κ2) is 6.21. The van der Waals surface area contributed by atoms with E-state index in [2.05, 4.69) is 4.98 Å². The van der Waals surface area contributed by atoms with Crippen molar-refractivity contribution < 1.29 is 23.5 Å². The van der Waals surface area contributed by atoms with E-state index in [0.29, 0.717) is 0 Å². The summed E-state index contributed by atoms with van der Waals surface area (Å²) in [6.07, 6.45) is 0.958. The number of amides is 1. The number of aromatic nitrogens is 1. The quantitative estimate of drug-likeness (QED) is 0.825. The summed E-state index contributed by atoms with van der Waals surface area (Å²) in [5, 5.41) is 8.74. The van der Waals surface area contributed by atoms with Gasteiger partial charge in [0.1, 0.15) is 6.54 Å². The van der Waals surface area contributed by atoms with Gasteiger partial charge in [-0.05, 0) is 12.0 Å². The minimum Gasteiger partial charge on any atom is -0.480 e. The lowest BCUT2D eigenvalue weighted by atomic mass is 10.1. The summed E-state index contributed by atoms with van der Waals surface area (Å²) in [5.41, 5.74) is -0.519. The molecule has 0 fully saturated rings. The van der Waals surface area contributed by atoms with Crippen molar-refractivity contribution in [1.29, 1.82) is 0 Å². The van der Waals surface area contributed by atoms with Gasteiger partial charge in [-0.2, -0.15) is 4.39 Å². The number of hydrogen-bond donors (Lipinski definition) is 1. The fraction of sp³-hybridized carbons (Fsp3) is 0.417. The molecule has 0 saturated carbocycles. The molecule has 7 heteroatoms. The average molecular weight is 272 g/mol. The molecule has 104 valence electrons. The van der Waals surface area contributed by atoms with Gasteiger partial charge in [0, 0.05) is 12.7 Å². The van der Waals surface area contributed by atoms with Gasteiger partial charge in [-0.3, -0.25) is 9.59 Å². The van der Waals surface area contributed by atoms with Crippen molar-refractivity contribution in [2.45, 2.75) is 13.8 Å². The zero-order chi connectivity index (χ0) is 14.6. The highest BCUT2D eigenvalue weighted by atomic mass is 19.2. The van der Waals surface area contributed by atoms with Crippen LogP contribution in [0.1, 0.15) is 24.2 Å². The summed E-state index contributed by atoms with van der Waals surface area (Å²) in [7, 11) is 0. The van der Waals surface area contributed by atoms with Crippen molar-refractivity contribution in [3.8, 4) is 0 Å². The van der Waals surface area contributed by atoms with Gasteiger partial charge in [0.05, 0.1) is 5.56 Å². The minimum absolute atomic E-state index is 0.00181. The van der Waals surface area contributed by atoms with Crippen LogP contribution in [0, 0.1) is 17.7 Å². The third-order valence-electron chi connectivity index (χ3n) is 2.28. The Balaban J connectivity index is 3.04. The largest absolute Gasteiger partial charge is 0.480 e. The maximum absolute atomic E-state index is 13.5. The number of rotatable bonds is 5. The zero-order valence-corrected chi connectivity index (χ0v) is 10.6. The van der Waals surface area contributed by atoms with Gasteiger partial charge >= 0.3 is 5.97 Å². The van der Waals surface area contributed by atoms with Gasteiger partial charge in [-0.15, -0.1) is 0 Å². The van der Waals surface area contributed by atoms with Crippen molar-refractivity contribution in [2.24, 2.45) is 5.92 Å². The highest BCUT2D eigenvalue weighted by molar-refractivity contribution is 5.96. The Hall–Kier alpha value is -2.05. The van der Waals surface area contributed by atoms with E-state index in [4.69, 9.17) is 5.11 Å². The number of aliphatic carboxylic acids is 1. The molecule has 1 rings (SSSR count). The van der Waals surface area contributed by atoms with Crippen LogP contribution in [0.25, 0.3) is 0 Å². The number of carbonyl (C=O) groups excluding carboxylic acids is 1. The minimum atomic E-state index is -1.38. The number of carboxylic acids is 1. The van der Waals surface area contributed by atoms with E-state index >= 15 is 0 Å². The first kappa shape index (κ1) is 15.0. The number of hydrogen-bond acceptors (Lipinski definition) is 3. The summed E-state index contributed by atoms with van der Waals surface area (Å²) in [6, 6.07) is 1.02. The standard InChI is InChI=1S/C12H14F2N2O3/c1-7(2)5-16(6-9(17)18)12(19)8-3-4-15-11(14)10(8)13/h3-4,7H,5-6H2,1-2H3,(H,17,18).